The maximum absolute atomic E-state index is 13.5. The molecule has 0 unspecified atom stereocenters. The Morgan fingerprint density at radius 2 is 1.62 bits per heavy atom. The number of halogens is 3. The van der Waals surface area contributed by atoms with E-state index in [0.717, 1.165) is 11.6 Å². The summed E-state index contributed by atoms with van der Waals surface area (Å²) < 4.78 is 43.5. The number of amides is 1. The average molecular weight is 549 g/mol. The number of rotatable bonds is 4. The summed E-state index contributed by atoms with van der Waals surface area (Å²) in [7, 11) is 5.03. The third-order valence-corrected chi connectivity index (χ3v) is 7.23. The van der Waals surface area contributed by atoms with Crippen molar-refractivity contribution in [3.8, 4) is 16.8 Å². The van der Waals surface area contributed by atoms with E-state index in [0.29, 0.717) is 33.2 Å². The number of benzene rings is 2. The molecule has 0 atom stereocenters. The number of aryl methyl sites for hydroxylation is 1. The van der Waals surface area contributed by atoms with Gasteiger partial charge in [0, 0.05) is 38.3 Å². The first-order valence-electron chi connectivity index (χ1n) is 12.4. The van der Waals surface area contributed by atoms with Crippen molar-refractivity contribution in [3.63, 3.8) is 0 Å². The lowest BCUT2D eigenvalue weighted by molar-refractivity contribution is -0.137. The van der Waals surface area contributed by atoms with Crippen LogP contribution < -0.4 is 11.4 Å². The third-order valence-electron chi connectivity index (χ3n) is 7.23. The van der Waals surface area contributed by atoms with E-state index in [4.69, 9.17) is 5.73 Å². The standard InChI is InChI=1S/C29H27F3N6O2/c1-28(2,26(39)36(3)4)18-7-9-19(10-8-18)38-24-20-12-16(17-13-21(29(30,31)32)25(33)35-14-17)6-11-22(20)34-15-23(24)37(5)27(38)40/h6-15H,1-5H3,(H2,33,35). The van der Waals surface area contributed by atoms with Crippen LogP contribution in [0, 0.1) is 0 Å². The number of alkyl halides is 3. The van der Waals surface area contributed by atoms with E-state index in [1.165, 1.54) is 20.2 Å². The highest BCUT2D eigenvalue weighted by atomic mass is 19.4. The minimum atomic E-state index is -4.66. The van der Waals surface area contributed by atoms with Crippen LogP contribution in [-0.4, -0.2) is 44.0 Å². The molecule has 206 valence electrons. The summed E-state index contributed by atoms with van der Waals surface area (Å²) in [5.41, 5.74) is 7.07. The summed E-state index contributed by atoms with van der Waals surface area (Å²) in [5, 5.41) is 0.574. The Morgan fingerprint density at radius 3 is 2.25 bits per heavy atom. The second kappa shape index (κ2) is 9.22. The maximum atomic E-state index is 13.5. The molecule has 0 aliphatic carbocycles. The van der Waals surface area contributed by atoms with Crippen molar-refractivity contribution in [1.82, 2.24) is 24.0 Å². The summed E-state index contributed by atoms with van der Waals surface area (Å²) >= 11 is 0. The highest BCUT2D eigenvalue weighted by molar-refractivity contribution is 6.04. The number of nitrogen functional groups attached to an aromatic ring is 1. The molecule has 0 bridgehead atoms. The number of aromatic nitrogens is 4. The van der Waals surface area contributed by atoms with E-state index in [2.05, 4.69) is 9.97 Å². The van der Waals surface area contributed by atoms with Gasteiger partial charge in [-0.15, -0.1) is 0 Å². The number of pyridine rings is 2. The molecular formula is C29H27F3N6O2. The van der Waals surface area contributed by atoms with Gasteiger partial charge in [0.05, 0.1) is 39.4 Å². The Labute approximate surface area is 227 Å². The highest BCUT2D eigenvalue weighted by Gasteiger charge is 2.34. The van der Waals surface area contributed by atoms with Crippen LogP contribution in [0.3, 0.4) is 0 Å². The predicted octanol–water partition coefficient (Wildman–Crippen LogP) is 4.91. The monoisotopic (exact) mass is 548 g/mol. The van der Waals surface area contributed by atoms with Gasteiger partial charge in [0.1, 0.15) is 5.82 Å². The summed E-state index contributed by atoms with van der Waals surface area (Å²) in [6, 6.07) is 13.2. The first-order chi connectivity index (χ1) is 18.7. The van der Waals surface area contributed by atoms with Crippen LogP contribution in [0.2, 0.25) is 0 Å². The van der Waals surface area contributed by atoms with Crippen molar-refractivity contribution in [1.29, 1.82) is 0 Å². The van der Waals surface area contributed by atoms with Gasteiger partial charge >= 0.3 is 11.9 Å². The van der Waals surface area contributed by atoms with Gasteiger partial charge < -0.3 is 10.6 Å². The first kappa shape index (κ1) is 26.9. The second-order valence-electron chi connectivity index (χ2n) is 10.4. The van der Waals surface area contributed by atoms with E-state index in [9.17, 15) is 22.8 Å². The zero-order valence-electron chi connectivity index (χ0n) is 22.5. The molecule has 8 nitrogen and oxygen atoms in total. The lowest BCUT2D eigenvalue weighted by atomic mass is 9.83. The summed E-state index contributed by atoms with van der Waals surface area (Å²) in [6.07, 6.45) is -1.78. The molecule has 0 fully saturated rings. The molecule has 40 heavy (non-hydrogen) atoms. The SMILES string of the molecule is CN(C)C(=O)C(C)(C)c1ccc(-n2c(=O)n(C)c3cnc4ccc(-c5cnc(N)c(C(F)(F)F)c5)cc4c32)cc1. The van der Waals surface area contributed by atoms with Gasteiger partial charge in [-0.2, -0.15) is 13.2 Å². The number of likely N-dealkylation sites (N-methyl/N-ethyl adjacent to an activating group) is 1. The number of carbonyl (C=O) groups excluding carboxylic acids is 1. The Balaban J connectivity index is 1.71. The smallest absolute Gasteiger partial charge is 0.383 e. The van der Waals surface area contributed by atoms with Crippen LogP contribution in [0.15, 0.2) is 65.7 Å². The topological polar surface area (TPSA) is 99.0 Å². The molecule has 0 saturated carbocycles. The zero-order valence-corrected chi connectivity index (χ0v) is 22.5. The van der Waals surface area contributed by atoms with Crippen molar-refractivity contribution in [2.24, 2.45) is 7.05 Å². The highest BCUT2D eigenvalue weighted by Crippen LogP contribution is 2.36. The molecule has 1 amide bonds. The fourth-order valence-corrected chi connectivity index (χ4v) is 4.99. The van der Waals surface area contributed by atoms with Crippen molar-refractivity contribution >= 4 is 33.7 Å². The Bertz CT molecular complexity index is 1850. The number of hydrogen-bond acceptors (Lipinski definition) is 5. The Kier molecular flexibility index (Phi) is 6.20. The van der Waals surface area contributed by atoms with Crippen LogP contribution in [0.4, 0.5) is 19.0 Å². The van der Waals surface area contributed by atoms with Crippen LogP contribution in [0.25, 0.3) is 38.8 Å². The van der Waals surface area contributed by atoms with Gasteiger partial charge in [0.25, 0.3) is 0 Å². The number of hydrogen-bond donors (Lipinski definition) is 1. The molecule has 0 aliphatic rings. The zero-order chi connectivity index (χ0) is 29.1. The molecule has 3 heterocycles. The summed E-state index contributed by atoms with van der Waals surface area (Å²) in [5.74, 6) is -0.657. The average Bonchev–Trinajstić information content (AvgIpc) is 3.17. The van der Waals surface area contributed by atoms with Gasteiger partial charge in [-0.1, -0.05) is 18.2 Å². The van der Waals surface area contributed by atoms with E-state index in [1.807, 2.05) is 26.0 Å². The van der Waals surface area contributed by atoms with Gasteiger partial charge in [-0.05, 0) is 55.3 Å². The fourth-order valence-electron chi connectivity index (χ4n) is 4.99. The van der Waals surface area contributed by atoms with E-state index < -0.39 is 23.0 Å². The van der Waals surface area contributed by atoms with E-state index in [-0.39, 0.29) is 17.2 Å². The van der Waals surface area contributed by atoms with Crippen LogP contribution in [0.1, 0.15) is 25.0 Å². The summed E-state index contributed by atoms with van der Waals surface area (Å²) in [6.45, 7) is 3.68. The fraction of sp³-hybridized carbons (Fsp3) is 0.241. The van der Waals surface area contributed by atoms with Gasteiger partial charge in [-0.3, -0.25) is 18.9 Å². The molecule has 2 N–H and O–H groups in total. The molecule has 3 aromatic heterocycles. The van der Waals surface area contributed by atoms with Gasteiger partial charge in [-0.25, -0.2) is 9.78 Å². The second-order valence-corrected chi connectivity index (χ2v) is 10.4. The quantitative estimate of drug-likeness (QED) is 0.344. The van der Waals surface area contributed by atoms with Crippen LogP contribution in [0.5, 0.6) is 0 Å². The predicted molar refractivity (Wildman–Crippen MR) is 148 cm³/mol. The van der Waals surface area contributed by atoms with Gasteiger partial charge in [0.15, 0.2) is 0 Å². The number of fused-ring (bicyclic) bond motifs is 3. The normalized spacial score (nSPS) is 12.3. The minimum Gasteiger partial charge on any atom is -0.383 e. The molecule has 0 aliphatic heterocycles. The molecule has 5 rings (SSSR count). The largest absolute Gasteiger partial charge is 0.419 e. The number of nitrogens with two attached hydrogens (primary N) is 1. The van der Waals surface area contributed by atoms with Crippen molar-refractivity contribution in [2.45, 2.75) is 25.4 Å². The first-order valence-corrected chi connectivity index (χ1v) is 12.4. The molecule has 11 heteroatoms. The summed E-state index contributed by atoms with van der Waals surface area (Å²) in [4.78, 5) is 35.9. The van der Waals surface area contributed by atoms with E-state index in [1.54, 1.807) is 57.7 Å². The molecule has 5 aromatic rings. The molecule has 0 radical (unpaired) electrons. The number of nitrogens with zero attached hydrogens (tertiary/aromatic N) is 5. The Hall–Kier alpha value is -4.67. The lowest BCUT2D eigenvalue weighted by Crippen LogP contribution is -2.39. The van der Waals surface area contributed by atoms with E-state index >= 15 is 0 Å². The third kappa shape index (κ3) is 4.27. The van der Waals surface area contributed by atoms with Crippen molar-refractivity contribution in [3.05, 3.63) is 82.5 Å². The van der Waals surface area contributed by atoms with Crippen molar-refractivity contribution < 1.29 is 18.0 Å². The minimum absolute atomic E-state index is 0.0574. The van der Waals surface area contributed by atoms with Crippen molar-refractivity contribution in [2.75, 3.05) is 19.8 Å². The Morgan fingerprint density at radius 1 is 0.950 bits per heavy atom. The number of carbonyl (C=O) groups is 1. The number of anilines is 1. The molecular weight excluding hydrogens is 521 g/mol. The molecule has 2 aromatic carbocycles. The molecule has 0 saturated heterocycles. The molecule has 0 spiro atoms. The number of imidazole rings is 1. The van der Waals surface area contributed by atoms with Crippen LogP contribution >= 0.6 is 0 Å². The maximum Gasteiger partial charge on any atom is 0.419 e. The van der Waals surface area contributed by atoms with Gasteiger partial charge in [0.2, 0.25) is 5.91 Å². The lowest BCUT2D eigenvalue weighted by Gasteiger charge is -2.27. The van der Waals surface area contributed by atoms with Crippen LogP contribution in [-0.2, 0) is 23.4 Å².